The first-order valence-electron chi connectivity index (χ1n) is 9.99. The van der Waals surface area contributed by atoms with E-state index in [4.69, 9.17) is 13.9 Å². The predicted molar refractivity (Wildman–Crippen MR) is 114 cm³/mol. The Hall–Kier alpha value is -1.60. The highest BCUT2D eigenvalue weighted by atomic mass is 28.4. The number of rotatable bonds is 7. The molecule has 0 N–H and O–H groups in total. The van der Waals surface area contributed by atoms with Crippen LogP contribution in [0, 0.1) is 0 Å². The van der Waals surface area contributed by atoms with Crippen molar-refractivity contribution >= 4 is 20.4 Å². The smallest absolute Gasteiger partial charge is 0.410 e. The zero-order valence-electron chi connectivity index (χ0n) is 18.5. The van der Waals surface area contributed by atoms with E-state index in [-0.39, 0.29) is 35.4 Å². The Kier molecular flexibility index (Phi) is 8.95. The normalized spacial score (nSPS) is 22.9. The van der Waals surface area contributed by atoms with Gasteiger partial charge in [0.05, 0.1) is 18.8 Å². The second-order valence-electron chi connectivity index (χ2n) is 8.71. The van der Waals surface area contributed by atoms with Gasteiger partial charge in [0.25, 0.3) is 0 Å². The van der Waals surface area contributed by atoms with E-state index in [1.54, 1.807) is 17.9 Å². The molecular formula is C21H37NO5Si. The molecule has 0 aromatic carbocycles. The van der Waals surface area contributed by atoms with Gasteiger partial charge in [0.1, 0.15) is 6.10 Å². The van der Waals surface area contributed by atoms with E-state index >= 15 is 0 Å². The molecule has 7 heteroatoms. The predicted octanol–water partition coefficient (Wildman–Crippen LogP) is 4.67. The van der Waals surface area contributed by atoms with Gasteiger partial charge in [-0.25, -0.2) is 4.79 Å². The van der Waals surface area contributed by atoms with Crippen LogP contribution in [0.5, 0.6) is 0 Å². The Morgan fingerprint density at radius 3 is 2.39 bits per heavy atom. The van der Waals surface area contributed by atoms with Gasteiger partial charge in [-0.05, 0) is 37.6 Å². The van der Waals surface area contributed by atoms with Crippen LogP contribution >= 0.6 is 0 Å². The molecule has 1 aliphatic carbocycles. The lowest BCUT2D eigenvalue weighted by molar-refractivity contribution is -0.145. The fraction of sp³-hybridized carbons (Fsp3) is 0.714. The van der Waals surface area contributed by atoms with Crippen molar-refractivity contribution in [3.8, 4) is 0 Å². The zero-order valence-corrected chi connectivity index (χ0v) is 19.5. The standard InChI is InChI=1S/C21H37NO5Si/c1-9-13-22(20(24)25-10-2)17-11-12-18(26-16(3)23)15-19(14-17)27-28(7,8)21(4,5)6/h9,11-12,17-19H,1,10,13-15H2,2-8H3/t17-,18+,19-/m0/s1. The molecule has 0 unspecified atom stereocenters. The minimum absolute atomic E-state index is 0.0567. The average Bonchev–Trinajstić information content (AvgIpc) is 2.72. The third-order valence-electron chi connectivity index (χ3n) is 5.36. The molecule has 3 atom stereocenters. The zero-order chi connectivity index (χ0) is 21.5. The lowest BCUT2D eigenvalue weighted by atomic mass is 10.1. The summed E-state index contributed by atoms with van der Waals surface area (Å²) in [4.78, 5) is 25.6. The van der Waals surface area contributed by atoms with E-state index < -0.39 is 8.32 Å². The van der Waals surface area contributed by atoms with Crippen LogP contribution < -0.4 is 0 Å². The first kappa shape index (κ1) is 24.4. The monoisotopic (exact) mass is 411 g/mol. The topological polar surface area (TPSA) is 65.1 Å². The van der Waals surface area contributed by atoms with Crippen LogP contribution in [0.2, 0.25) is 18.1 Å². The molecule has 0 aliphatic heterocycles. The molecule has 1 aliphatic rings. The van der Waals surface area contributed by atoms with Crippen molar-refractivity contribution in [3.05, 3.63) is 24.8 Å². The second-order valence-corrected chi connectivity index (χ2v) is 13.5. The largest absolute Gasteiger partial charge is 0.458 e. The highest BCUT2D eigenvalue weighted by molar-refractivity contribution is 6.74. The molecule has 6 nitrogen and oxygen atoms in total. The highest BCUT2D eigenvalue weighted by Gasteiger charge is 2.41. The van der Waals surface area contributed by atoms with Crippen molar-refractivity contribution in [3.63, 3.8) is 0 Å². The molecule has 28 heavy (non-hydrogen) atoms. The molecule has 0 fully saturated rings. The van der Waals surface area contributed by atoms with Crippen molar-refractivity contribution in [2.45, 2.75) is 83.8 Å². The van der Waals surface area contributed by atoms with E-state index in [2.05, 4.69) is 40.4 Å². The van der Waals surface area contributed by atoms with Gasteiger partial charge in [0.2, 0.25) is 0 Å². The maximum Gasteiger partial charge on any atom is 0.410 e. The summed E-state index contributed by atoms with van der Waals surface area (Å²) < 4.78 is 17.3. The number of ether oxygens (including phenoxy) is 2. The van der Waals surface area contributed by atoms with E-state index in [1.807, 2.05) is 12.2 Å². The molecule has 1 amide bonds. The van der Waals surface area contributed by atoms with Gasteiger partial charge >= 0.3 is 12.1 Å². The molecule has 0 bridgehead atoms. The Morgan fingerprint density at radius 2 is 1.89 bits per heavy atom. The summed E-state index contributed by atoms with van der Waals surface area (Å²) in [6.07, 6.45) is 5.77. The summed E-state index contributed by atoms with van der Waals surface area (Å²) >= 11 is 0. The van der Waals surface area contributed by atoms with Crippen molar-refractivity contribution < 1.29 is 23.5 Å². The number of nitrogens with zero attached hydrogens (tertiary/aromatic N) is 1. The van der Waals surface area contributed by atoms with E-state index in [1.165, 1.54) is 6.92 Å². The quantitative estimate of drug-likeness (QED) is 0.346. The molecule has 0 heterocycles. The van der Waals surface area contributed by atoms with Crippen molar-refractivity contribution in [1.29, 1.82) is 0 Å². The Balaban J connectivity index is 3.14. The summed E-state index contributed by atoms with van der Waals surface area (Å²) in [5.41, 5.74) is 0. The van der Waals surface area contributed by atoms with Gasteiger partial charge in [-0.1, -0.05) is 32.9 Å². The summed E-state index contributed by atoms with van der Waals surface area (Å²) in [6.45, 7) is 18.6. The van der Waals surface area contributed by atoms with E-state index in [0.29, 0.717) is 26.0 Å². The number of hydrogen-bond donors (Lipinski definition) is 0. The third kappa shape index (κ3) is 7.09. The van der Waals surface area contributed by atoms with E-state index in [9.17, 15) is 9.59 Å². The molecule has 0 aromatic rings. The third-order valence-corrected chi connectivity index (χ3v) is 9.90. The van der Waals surface area contributed by atoms with Crippen LogP contribution in [0.25, 0.3) is 0 Å². The molecule has 0 radical (unpaired) electrons. The van der Waals surface area contributed by atoms with Gasteiger partial charge in [-0.2, -0.15) is 0 Å². The van der Waals surface area contributed by atoms with Crippen molar-refractivity contribution in [1.82, 2.24) is 4.90 Å². The maximum atomic E-state index is 12.5. The van der Waals surface area contributed by atoms with Gasteiger partial charge in [0.15, 0.2) is 8.32 Å². The Labute approximate surface area is 171 Å². The Morgan fingerprint density at radius 1 is 1.25 bits per heavy atom. The maximum absolute atomic E-state index is 12.5. The van der Waals surface area contributed by atoms with Gasteiger partial charge in [-0.3, -0.25) is 9.69 Å². The SMILES string of the molecule is C=CCN(C(=O)OCC)[C@H]1C=C[C@@H](OC(C)=O)C[C@@H](O[Si](C)(C)C(C)(C)C)C1. The molecular weight excluding hydrogens is 374 g/mol. The lowest BCUT2D eigenvalue weighted by Gasteiger charge is -2.40. The van der Waals surface area contributed by atoms with Crippen LogP contribution in [0.3, 0.4) is 0 Å². The number of carbonyl (C=O) groups excluding carboxylic acids is 2. The van der Waals surface area contributed by atoms with Crippen molar-refractivity contribution in [2.24, 2.45) is 0 Å². The van der Waals surface area contributed by atoms with Gasteiger partial charge < -0.3 is 13.9 Å². The molecule has 0 saturated carbocycles. The molecule has 160 valence electrons. The van der Waals surface area contributed by atoms with Crippen LogP contribution in [-0.2, 0) is 18.7 Å². The fourth-order valence-corrected chi connectivity index (χ4v) is 4.33. The van der Waals surface area contributed by atoms with Crippen LogP contribution in [0.15, 0.2) is 24.8 Å². The molecule has 0 aromatic heterocycles. The lowest BCUT2D eigenvalue weighted by Crippen LogP contribution is -2.47. The van der Waals surface area contributed by atoms with E-state index in [0.717, 1.165) is 0 Å². The number of amides is 1. The summed E-state index contributed by atoms with van der Waals surface area (Å²) in [6, 6.07) is -0.215. The molecule has 0 spiro atoms. The second kappa shape index (κ2) is 10.3. The fourth-order valence-electron chi connectivity index (χ4n) is 2.95. The van der Waals surface area contributed by atoms with Crippen LogP contribution in [0.1, 0.15) is 47.5 Å². The number of esters is 1. The minimum atomic E-state index is -2.03. The Bertz CT molecular complexity index is 582. The van der Waals surface area contributed by atoms with Crippen LogP contribution in [-0.4, -0.2) is 56.7 Å². The van der Waals surface area contributed by atoms with Gasteiger partial charge in [-0.15, -0.1) is 6.58 Å². The van der Waals surface area contributed by atoms with Gasteiger partial charge in [0, 0.05) is 19.9 Å². The summed E-state index contributed by atoms with van der Waals surface area (Å²) in [5.74, 6) is -0.326. The van der Waals surface area contributed by atoms with Crippen LogP contribution in [0.4, 0.5) is 4.79 Å². The first-order valence-corrected chi connectivity index (χ1v) is 12.9. The minimum Gasteiger partial charge on any atom is -0.458 e. The van der Waals surface area contributed by atoms with Crippen molar-refractivity contribution in [2.75, 3.05) is 13.2 Å². The first-order chi connectivity index (χ1) is 12.9. The average molecular weight is 412 g/mol. The molecule has 0 saturated heterocycles. The number of carbonyl (C=O) groups is 2. The number of hydrogen-bond acceptors (Lipinski definition) is 5. The highest BCUT2D eigenvalue weighted by Crippen LogP contribution is 2.39. The summed E-state index contributed by atoms with van der Waals surface area (Å²) in [7, 11) is -2.03. The summed E-state index contributed by atoms with van der Waals surface area (Å²) in [5, 5.41) is 0.0567. The molecule has 1 rings (SSSR count).